The Balaban J connectivity index is 1.77. The maximum absolute atomic E-state index is 5.44. The van der Waals surface area contributed by atoms with Crippen LogP contribution in [-0.2, 0) is 11.3 Å². The van der Waals surface area contributed by atoms with Gasteiger partial charge in [-0.1, -0.05) is 30.3 Å². The summed E-state index contributed by atoms with van der Waals surface area (Å²) in [6.07, 6.45) is 3.58. The SMILES string of the molecule is c1ccc(CNC2CCCOCC2)cc1. The first-order chi connectivity index (χ1) is 7.45. The Kier molecular flexibility index (Phi) is 4.18. The molecular weight excluding hydrogens is 186 g/mol. The van der Waals surface area contributed by atoms with Gasteiger partial charge >= 0.3 is 0 Å². The van der Waals surface area contributed by atoms with Gasteiger partial charge in [0.25, 0.3) is 0 Å². The van der Waals surface area contributed by atoms with Crippen LogP contribution in [0.1, 0.15) is 24.8 Å². The molecule has 1 aromatic rings. The van der Waals surface area contributed by atoms with Gasteiger partial charge in [-0.2, -0.15) is 0 Å². The number of rotatable bonds is 3. The van der Waals surface area contributed by atoms with Crippen molar-refractivity contribution in [2.75, 3.05) is 13.2 Å². The molecule has 0 saturated carbocycles. The van der Waals surface area contributed by atoms with Crippen LogP contribution < -0.4 is 5.32 Å². The molecule has 82 valence electrons. The van der Waals surface area contributed by atoms with Gasteiger partial charge in [0.1, 0.15) is 0 Å². The van der Waals surface area contributed by atoms with Gasteiger partial charge in [0.2, 0.25) is 0 Å². The number of hydrogen-bond acceptors (Lipinski definition) is 2. The van der Waals surface area contributed by atoms with Gasteiger partial charge in [0, 0.05) is 25.8 Å². The number of benzene rings is 1. The van der Waals surface area contributed by atoms with E-state index in [-0.39, 0.29) is 0 Å². The molecule has 1 aliphatic rings. The fraction of sp³-hybridized carbons (Fsp3) is 0.538. The molecule has 15 heavy (non-hydrogen) atoms. The van der Waals surface area contributed by atoms with Crippen LogP contribution >= 0.6 is 0 Å². The van der Waals surface area contributed by atoms with Crippen LogP contribution in [-0.4, -0.2) is 19.3 Å². The van der Waals surface area contributed by atoms with Gasteiger partial charge < -0.3 is 10.1 Å². The summed E-state index contributed by atoms with van der Waals surface area (Å²) in [7, 11) is 0. The topological polar surface area (TPSA) is 21.3 Å². The van der Waals surface area contributed by atoms with E-state index in [0.29, 0.717) is 6.04 Å². The molecule has 1 saturated heterocycles. The van der Waals surface area contributed by atoms with E-state index in [1.54, 1.807) is 0 Å². The summed E-state index contributed by atoms with van der Waals surface area (Å²) in [4.78, 5) is 0. The quantitative estimate of drug-likeness (QED) is 0.818. The highest BCUT2D eigenvalue weighted by Gasteiger charge is 2.11. The summed E-state index contributed by atoms with van der Waals surface area (Å²) in [5, 5.41) is 3.60. The third kappa shape index (κ3) is 3.65. The monoisotopic (exact) mass is 205 g/mol. The largest absolute Gasteiger partial charge is 0.381 e. The molecule has 1 aliphatic heterocycles. The van der Waals surface area contributed by atoms with Crippen molar-refractivity contribution in [3.05, 3.63) is 35.9 Å². The second-order valence-corrected chi connectivity index (χ2v) is 4.11. The molecule has 0 amide bonds. The summed E-state index contributed by atoms with van der Waals surface area (Å²) < 4.78 is 5.44. The lowest BCUT2D eigenvalue weighted by Crippen LogP contribution is -2.28. The summed E-state index contributed by atoms with van der Waals surface area (Å²) in [6, 6.07) is 11.2. The van der Waals surface area contributed by atoms with Gasteiger partial charge in [-0.3, -0.25) is 0 Å². The molecule has 1 atom stereocenters. The van der Waals surface area contributed by atoms with E-state index in [2.05, 4.69) is 35.6 Å². The normalized spacial score (nSPS) is 22.3. The first-order valence-corrected chi connectivity index (χ1v) is 5.80. The van der Waals surface area contributed by atoms with Crippen molar-refractivity contribution in [2.45, 2.75) is 31.8 Å². The highest BCUT2D eigenvalue weighted by atomic mass is 16.5. The summed E-state index contributed by atoms with van der Waals surface area (Å²) in [6.45, 7) is 2.82. The first-order valence-electron chi connectivity index (χ1n) is 5.80. The maximum atomic E-state index is 5.44. The van der Waals surface area contributed by atoms with Crippen LogP contribution in [0.5, 0.6) is 0 Å². The highest BCUT2D eigenvalue weighted by Crippen LogP contribution is 2.09. The standard InChI is InChI=1S/C13H19NO/c1-2-5-12(6-3-1)11-14-13-7-4-9-15-10-8-13/h1-3,5-6,13-14H,4,7-11H2. The summed E-state index contributed by atoms with van der Waals surface area (Å²) in [5.74, 6) is 0. The average molecular weight is 205 g/mol. The molecule has 0 aromatic heterocycles. The Morgan fingerprint density at radius 3 is 2.87 bits per heavy atom. The molecule has 1 fully saturated rings. The fourth-order valence-corrected chi connectivity index (χ4v) is 1.97. The van der Waals surface area contributed by atoms with Crippen molar-refractivity contribution in [1.29, 1.82) is 0 Å². The van der Waals surface area contributed by atoms with Crippen molar-refractivity contribution in [2.24, 2.45) is 0 Å². The molecule has 1 heterocycles. The van der Waals surface area contributed by atoms with Crippen LogP contribution in [0, 0.1) is 0 Å². The predicted octanol–water partition coefficient (Wildman–Crippen LogP) is 2.35. The van der Waals surface area contributed by atoms with Gasteiger partial charge in [-0.15, -0.1) is 0 Å². The lowest BCUT2D eigenvalue weighted by Gasteiger charge is -2.15. The molecule has 0 bridgehead atoms. The predicted molar refractivity (Wildman–Crippen MR) is 61.7 cm³/mol. The van der Waals surface area contributed by atoms with Gasteiger partial charge in [-0.05, 0) is 24.8 Å². The van der Waals surface area contributed by atoms with Crippen molar-refractivity contribution in [3.8, 4) is 0 Å². The van der Waals surface area contributed by atoms with E-state index in [4.69, 9.17) is 4.74 Å². The number of hydrogen-bond donors (Lipinski definition) is 1. The van der Waals surface area contributed by atoms with E-state index in [1.165, 1.54) is 18.4 Å². The Morgan fingerprint density at radius 2 is 2.00 bits per heavy atom. The lowest BCUT2D eigenvalue weighted by molar-refractivity contribution is 0.142. The van der Waals surface area contributed by atoms with Crippen molar-refractivity contribution >= 4 is 0 Å². The van der Waals surface area contributed by atoms with E-state index in [9.17, 15) is 0 Å². The molecule has 2 rings (SSSR count). The van der Waals surface area contributed by atoms with Crippen LogP contribution in [0.3, 0.4) is 0 Å². The van der Waals surface area contributed by atoms with Crippen LogP contribution in [0.15, 0.2) is 30.3 Å². The van der Waals surface area contributed by atoms with E-state index >= 15 is 0 Å². The first kappa shape index (κ1) is 10.7. The third-order valence-electron chi connectivity index (χ3n) is 2.89. The van der Waals surface area contributed by atoms with Gasteiger partial charge in [0.15, 0.2) is 0 Å². The molecule has 0 aliphatic carbocycles. The lowest BCUT2D eigenvalue weighted by atomic mass is 10.1. The molecule has 1 N–H and O–H groups in total. The molecule has 2 heteroatoms. The van der Waals surface area contributed by atoms with Crippen LogP contribution in [0.25, 0.3) is 0 Å². The minimum Gasteiger partial charge on any atom is -0.381 e. The zero-order valence-corrected chi connectivity index (χ0v) is 9.11. The number of nitrogens with one attached hydrogen (secondary N) is 1. The van der Waals surface area contributed by atoms with Gasteiger partial charge in [-0.25, -0.2) is 0 Å². The third-order valence-corrected chi connectivity index (χ3v) is 2.89. The molecule has 0 spiro atoms. The molecule has 0 radical (unpaired) electrons. The number of ether oxygens (including phenoxy) is 1. The van der Waals surface area contributed by atoms with E-state index in [1.807, 2.05) is 0 Å². The smallest absolute Gasteiger partial charge is 0.0480 e. The average Bonchev–Trinajstić information content (AvgIpc) is 2.56. The summed E-state index contributed by atoms with van der Waals surface area (Å²) in [5.41, 5.74) is 1.36. The molecule has 2 nitrogen and oxygen atoms in total. The second kappa shape index (κ2) is 5.89. The second-order valence-electron chi connectivity index (χ2n) is 4.11. The molecule has 1 aromatic carbocycles. The van der Waals surface area contributed by atoms with Crippen molar-refractivity contribution in [3.63, 3.8) is 0 Å². The van der Waals surface area contributed by atoms with Crippen molar-refractivity contribution < 1.29 is 4.74 Å². The highest BCUT2D eigenvalue weighted by molar-refractivity contribution is 5.14. The van der Waals surface area contributed by atoms with Crippen LogP contribution in [0.4, 0.5) is 0 Å². The van der Waals surface area contributed by atoms with E-state index in [0.717, 1.165) is 26.2 Å². The molecule has 1 unspecified atom stereocenters. The van der Waals surface area contributed by atoms with Gasteiger partial charge in [0.05, 0.1) is 0 Å². The van der Waals surface area contributed by atoms with E-state index < -0.39 is 0 Å². The Morgan fingerprint density at radius 1 is 1.13 bits per heavy atom. The maximum Gasteiger partial charge on any atom is 0.0480 e. The van der Waals surface area contributed by atoms with Crippen LogP contribution in [0.2, 0.25) is 0 Å². The summed E-state index contributed by atoms with van der Waals surface area (Å²) >= 11 is 0. The Labute approximate surface area is 91.6 Å². The fourth-order valence-electron chi connectivity index (χ4n) is 1.97. The zero-order valence-electron chi connectivity index (χ0n) is 9.11. The zero-order chi connectivity index (χ0) is 10.3. The molecular formula is C13H19NO. The minimum atomic E-state index is 0.632. The Bertz CT molecular complexity index is 265. The minimum absolute atomic E-state index is 0.632. The van der Waals surface area contributed by atoms with Crippen molar-refractivity contribution in [1.82, 2.24) is 5.32 Å². The Hall–Kier alpha value is -0.860.